The molecule has 0 aliphatic rings. The molecule has 0 saturated carbocycles. The zero-order valence-electron chi connectivity index (χ0n) is 26.0. The molecule has 0 spiro atoms. The molecule has 0 aliphatic heterocycles. The van der Waals surface area contributed by atoms with Crippen LogP contribution in [0.25, 0.3) is 44.0 Å². The molecule has 0 fully saturated rings. The Kier molecular flexibility index (Phi) is 10.9. The van der Waals surface area contributed by atoms with Crippen molar-refractivity contribution in [2.24, 2.45) is 11.8 Å². The van der Waals surface area contributed by atoms with Gasteiger partial charge in [-0.3, -0.25) is 4.79 Å². The third kappa shape index (κ3) is 6.85. The second kappa shape index (κ2) is 13.8. The van der Waals surface area contributed by atoms with Gasteiger partial charge in [0.25, 0.3) is 0 Å². The molecule has 3 aromatic carbocycles. The van der Waals surface area contributed by atoms with Crippen LogP contribution < -0.4 is 0 Å². The predicted molar refractivity (Wildman–Crippen MR) is 171 cm³/mol. The van der Waals surface area contributed by atoms with Crippen LogP contribution in [0, 0.1) is 24.8 Å². The molecule has 0 aliphatic carbocycles. The van der Waals surface area contributed by atoms with Gasteiger partial charge in [-0.15, -0.1) is 17.7 Å². The predicted octanol–water partition coefficient (Wildman–Crippen LogP) is 10.3. The maximum absolute atomic E-state index is 11.0. The molecule has 5 aromatic rings. The van der Waals surface area contributed by atoms with E-state index in [4.69, 9.17) is 9.40 Å². The number of fused-ring (bicyclic) bond motifs is 4. The van der Waals surface area contributed by atoms with E-state index in [2.05, 4.69) is 76.2 Å². The number of aliphatic hydroxyl groups is 1. The summed E-state index contributed by atoms with van der Waals surface area (Å²) < 4.78 is 6.28. The first-order valence-electron chi connectivity index (χ1n) is 14.7. The maximum Gasteiger partial charge on any atom is 0.161 e. The summed E-state index contributed by atoms with van der Waals surface area (Å²) in [4.78, 5) is 15.8. The summed E-state index contributed by atoms with van der Waals surface area (Å²) in [7, 11) is 0. The van der Waals surface area contributed by atoms with E-state index in [1.165, 1.54) is 17.0 Å². The smallest absolute Gasteiger partial charge is 0.161 e. The maximum atomic E-state index is 11.0. The van der Waals surface area contributed by atoms with E-state index in [-0.39, 0.29) is 48.9 Å². The third-order valence-corrected chi connectivity index (χ3v) is 8.25. The Morgan fingerprint density at radius 1 is 0.976 bits per heavy atom. The minimum Gasteiger partial charge on any atom is -0.512 e. The number of nitrogens with zero attached hydrogens (tertiary/aromatic N) is 1. The number of hydrogen-bond acceptors (Lipinski definition) is 4. The molecule has 5 heteroatoms. The summed E-state index contributed by atoms with van der Waals surface area (Å²) >= 11 is 0. The normalized spacial score (nSPS) is 12.1. The van der Waals surface area contributed by atoms with Crippen LogP contribution in [0.15, 0.2) is 77.0 Å². The molecule has 2 aromatic heterocycles. The number of allylic oxidation sites excluding steroid dienone is 2. The first-order chi connectivity index (χ1) is 19.5. The van der Waals surface area contributed by atoms with Crippen molar-refractivity contribution in [3.05, 3.63) is 89.8 Å². The number of hydrogen-bond donors (Lipinski definition) is 1. The number of furan rings is 1. The molecule has 223 valence electrons. The van der Waals surface area contributed by atoms with Crippen LogP contribution in [0.2, 0.25) is 0 Å². The van der Waals surface area contributed by atoms with E-state index in [1.54, 1.807) is 0 Å². The number of para-hydroxylation sites is 1. The van der Waals surface area contributed by atoms with E-state index in [0.29, 0.717) is 0 Å². The fraction of sp³-hybridized carbons (Fsp3) is 0.351. The number of pyridine rings is 1. The van der Waals surface area contributed by atoms with Crippen LogP contribution in [0.4, 0.5) is 0 Å². The number of rotatable bonds is 7. The second-order valence-corrected chi connectivity index (χ2v) is 11.8. The molecule has 0 saturated heterocycles. The fourth-order valence-electron chi connectivity index (χ4n) is 4.96. The van der Waals surface area contributed by atoms with E-state index >= 15 is 0 Å². The van der Waals surface area contributed by atoms with Gasteiger partial charge < -0.3 is 14.5 Å². The van der Waals surface area contributed by atoms with Crippen molar-refractivity contribution in [1.29, 1.82) is 0 Å². The van der Waals surface area contributed by atoms with Gasteiger partial charge in [-0.25, -0.2) is 0 Å². The van der Waals surface area contributed by atoms with Gasteiger partial charge in [0.15, 0.2) is 5.78 Å². The number of ketones is 1. The minimum absolute atomic E-state index is 0. The topological polar surface area (TPSA) is 63.3 Å². The Labute approximate surface area is 263 Å². The Balaban J connectivity index is 0.000000347. The van der Waals surface area contributed by atoms with Gasteiger partial charge in [-0.1, -0.05) is 103 Å². The van der Waals surface area contributed by atoms with Crippen molar-refractivity contribution >= 4 is 38.5 Å². The molecule has 0 unspecified atom stereocenters. The Hall–Kier alpha value is -3.27. The van der Waals surface area contributed by atoms with Crippen LogP contribution in [0.3, 0.4) is 0 Å². The number of aromatic nitrogens is 1. The largest absolute Gasteiger partial charge is 0.512 e. The molecule has 1 radical (unpaired) electrons. The van der Waals surface area contributed by atoms with Crippen LogP contribution in [-0.4, -0.2) is 15.9 Å². The van der Waals surface area contributed by atoms with E-state index in [0.717, 1.165) is 57.0 Å². The average Bonchev–Trinajstić information content (AvgIpc) is 3.34. The van der Waals surface area contributed by atoms with Gasteiger partial charge in [-0.05, 0) is 52.4 Å². The van der Waals surface area contributed by atoms with Crippen molar-refractivity contribution in [2.45, 2.75) is 73.6 Å². The van der Waals surface area contributed by atoms with Gasteiger partial charge in [-0.2, -0.15) is 0 Å². The van der Waals surface area contributed by atoms with Crippen molar-refractivity contribution in [2.75, 3.05) is 0 Å². The molecule has 4 nitrogen and oxygen atoms in total. The van der Waals surface area contributed by atoms with E-state index < -0.39 is 0 Å². The van der Waals surface area contributed by atoms with Crippen LogP contribution in [0.5, 0.6) is 0 Å². The van der Waals surface area contributed by atoms with E-state index in [9.17, 15) is 9.90 Å². The van der Waals surface area contributed by atoms with Crippen LogP contribution in [-0.2, 0) is 30.3 Å². The number of benzene rings is 3. The Bertz CT molecular complexity index is 1720. The van der Waals surface area contributed by atoms with Crippen molar-refractivity contribution in [3.8, 4) is 11.3 Å². The number of aliphatic hydroxyl groups excluding tert-OH is 1. The summed E-state index contributed by atoms with van der Waals surface area (Å²) in [6, 6.07) is 22.8. The quantitative estimate of drug-likeness (QED) is 0.103. The molecule has 2 heterocycles. The molecular formula is C37H42IrNO3-. The van der Waals surface area contributed by atoms with Crippen molar-refractivity contribution < 1.29 is 34.4 Å². The first-order valence-corrected chi connectivity index (χ1v) is 14.7. The standard InChI is InChI=1S/C28H26NO.C9H16O2.Ir/c1-5-28(4,6-2)20-11-12-21-19(17-20)13-14-29-26(21)24-16-18(3)15-23-22-9-7-8-10-25(22)30-27(23)24;1-6(2)8(10)5-9(11)7(3)4;/h7-15,17H,5-6H2,1-4H3;5-7,10H,1-4H3;/q-1;;/b;8-5-;. The summed E-state index contributed by atoms with van der Waals surface area (Å²) in [6.45, 7) is 16.3. The molecule has 5 rings (SSSR count). The summed E-state index contributed by atoms with van der Waals surface area (Å²) in [6.07, 6.45) is 5.47. The summed E-state index contributed by atoms with van der Waals surface area (Å²) in [5, 5.41) is 13.8. The molecule has 0 amide bonds. The monoisotopic (exact) mass is 741 g/mol. The van der Waals surface area contributed by atoms with Gasteiger partial charge in [0.05, 0.1) is 11.3 Å². The fourth-order valence-corrected chi connectivity index (χ4v) is 4.96. The third-order valence-electron chi connectivity index (χ3n) is 8.25. The molecule has 42 heavy (non-hydrogen) atoms. The van der Waals surface area contributed by atoms with Gasteiger partial charge in [0, 0.05) is 49.6 Å². The number of carbonyl (C=O) groups is 1. The molecular weight excluding hydrogens is 699 g/mol. The minimum atomic E-state index is -0.0316. The zero-order valence-corrected chi connectivity index (χ0v) is 28.4. The number of carbonyl (C=O) groups excluding carboxylic acids is 1. The average molecular weight is 741 g/mol. The van der Waals surface area contributed by atoms with Gasteiger partial charge in [0.1, 0.15) is 5.58 Å². The Morgan fingerprint density at radius 2 is 1.67 bits per heavy atom. The Morgan fingerprint density at radius 3 is 2.31 bits per heavy atom. The summed E-state index contributed by atoms with van der Waals surface area (Å²) in [5.74, 6) is 0.161. The summed E-state index contributed by atoms with van der Waals surface area (Å²) in [5.41, 5.74) is 6.30. The molecule has 0 bridgehead atoms. The van der Waals surface area contributed by atoms with Crippen molar-refractivity contribution in [1.82, 2.24) is 4.98 Å². The van der Waals surface area contributed by atoms with Gasteiger partial charge >= 0.3 is 0 Å². The second-order valence-electron chi connectivity index (χ2n) is 11.8. The molecule has 1 N–H and O–H groups in total. The molecule has 0 atom stereocenters. The van der Waals surface area contributed by atoms with Crippen LogP contribution in [0.1, 0.15) is 72.4 Å². The van der Waals surface area contributed by atoms with Crippen molar-refractivity contribution in [3.63, 3.8) is 0 Å². The van der Waals surface area contributed by atoms with Gasteiger partial charge in [0.2, 0.25) is 0 Å². The SMILES string of the molecule is CC(C)C(=O)/C=C(\O)C(C)C.CCC(C)(CC)c1ccc2c(-c3[c-]c(C)cc4c3oc3ccccc34)nccc2c1.[Ir]. The number of aryl methyl sites for hydroxylation is 1. The van der Waals surface area contributed by atoms with E-state index in [1.807, 2.05) is 46.0 Å². The first kappa shape index (κ1) is 33.2. The van der Waals surface area contributed by atoms with Crippen LogP contribution >= 0.6 is 0 Å². The zero-order chi connectivity index (χ0) is 29.9.